The van der Waals surface area contributed by atoms with E-state index >= 15 is 0 Å². The van der Waals surface area contributed by atoms with Crippen LogP contribution in [0, 0.1) is 9.49 Å². The van der Waals surface area contributed by atoms with Gasteiger partial charge in [-0.25, -0.2) is 8.42 Å². The number of rotatable bonds is 3. The Kier molecular flexibility index (Phi) is 5.27. The first-order valence-corrected chi connectivity index (χ1v) is 11.6. The first-order chi connectivity index (χ1) is 11.2. The minimum Gasteiger partial charge on any atom is -0.316 e. The van der Waals surface area contributed by atoms with Crippen molar-refractivity contribution in [3.05, 3.63) is 27.8 Å². The molecule has 1 aromatic rings. The van der Waals surface area contributed by atoms with Crippen LogP contribution < -0.4 is 4.90 Å². The fraction of sp³-hybridized carbons (Fsp3) is 0.500. The van der Waals surface area contributed by atoms with Crippen LogP contribution >= 0.6 is 34.4 Å². The van der Waals surface area contributed by atoms with Crippen molar-refractivity contribution in [1.29, 1.82) is 0 Å². The van der Waals surface area contributed by atoms with Gasteiger partial charge in [0.1, 0.15) is 0 Å². The van der Waals surface area contributed by atoms with Crippen molar-refractivity contribution >= 4 is 61.0 Å². The molecule has 0 spiro atoms. The first kappa shape index (κ1) is 18.2. The van der Waals surface area contributed by atoms with Gasteiger partial charge in [0.15, 0.2) is 15.0 Å². The lowest BCUT2D eigenvalue weighted by atomic mass is 10.1. The van der Waals surface area contributed by atoms with Gasteiger partial charge in [-0.15, -0.1) is 0 Å². The van der Waals surface area contributed by atoms with Gasteiger partial charge in [0, 0.05) is 20.9 Å². The van der Waals surface area contributed by atoms with Crippen LogP contribution in [0.15, 0.2) is 29.3 Å². The molecule has 2 fully saturated rings. The van der Waals surface area contributed by atoms with E-state index in [1.807, 2.05) is 43.0 Å². The molecule has 2 saturated heterocycles. The molecule has 5 nitrogen and oxygen atoms in total. The molecular formula is C16H19IN2O3S2. The van der Waals surface area contributed by atoms with Crippen molar-refractivity contribution in [3.8, 4) is 0 Å². The molecule has 130 valence electrons. The third-order valence-electron chi connectivity index (χ3n) is 3.96. The zero-order valence-corrected chi connectivity index (χ0v) is 17.3. The summed E-state index contributed by atoms with van der Waals surface area (Å²) in [6.45, 7) is 3.97. The quantitative estimate of drug-likeness (QED) is 0.626. The number of sulfone groups is 1. The third-order valence-corrected chi connectivity index (χ3v) is 7.84. The van der Waals surface area contributed by atoms with Gasteiger partial charge in [-0.05, 0) is 46.7 Å². The standard InChI is InChI=1S/C16H19IN2O3S2/c1-10(2)6-15(20)18-16-19(12-5-3-4-11(17)7-12)13-8-24(21,22)9-14(13)23-16/h3-5,7,10,13-14H,6,8-9H2,1-2H3/t13-,14-/m1/s1. The smallest absolute Gasteiger partial charge is 0.248 e. The molecule has 2 atom stereocenters. The molecule has 1 amide bonds. The summed E-state index contributed by atoms with van der Waals surface area (Å²) in [4.78, 5) is 18.4. The Morgan fingerprint density at radius 1 is 1.42 bits per heavy atom. The highest BCUT2D eigenvalue weighted by atomic mass is 127. The summed E-state index contributed by atoms with van der Waals surface area (Å²) in [5.74, 6) is 0.374. The van der Waals surface area contributed by atoms with E-state index in [1.54, 1.807) is 0 Å². The molecule has 3 rings (SSSR count). The number of carbonyl (C=O) groups is 1. The van der Waals surface area contributed by atoms with Crippen molar-refractivity contribution in [2.45, 2.75) is 31.6 Å². The minimum absolute atomic E-state index is 0.0570. The van der Waals surface area contributed by atoms with Gasteiger partial charge < -0.3 is 4.90 Å². The van der Waals surface area contributed by atoms with Gasteiger partial charge in [-0.3, -0.25) is 4.79 Å². The van der Waals surface area contributed by atoms with Crippen LogP contribution in [-0.2, 0) is 14.6 Å². The van der Waals surface area contributed by atoms with Gasteiger partial charge >= 0.3 is 0 Å². The molecule has 8 heteroatoms. The fourth-order valence-corrected chi connectivity index (χ4v) is 7.45. The lowest BCUT2D eigenvalue weighted by molar-refractivity contribution is -0.118. The van der Waals surface area contributed by atoms with Crippen LogP contribution in [0.25, 0.3) is 0 Å². The second kappa shape index (κ2) is 6.95. The number of fused-ring (bicyclic) bond motifs is 1. The minimum atomic E-state index is -3.03. The molecular weight excluding hydrogens is 459 g/mol. The second-order valence-electron chi connectivity index (χ2n) is 6.54. The Labute approximate surface area is 160 Å². The second-order valence-corrected chi connectivity index (χ2v) is 11.1. The highest BCUT2D eigenvalue weighted by Gasteiger charge is 2.49. The Bertz CT molecular complexity index is 792. The monoisotopic (exact) mass is 478 g/mol. The molecule has 0 radical (unpaired) electrons. The van der Waals surface area contributed by atoms with E-state index in [0.29, 0.717) is 11.6 Å². The molecule has 0 bridgehead atoms. The first-order valence-electron chi connectivity index (χ1n) is 7.78. The van der Waals surface area contributed by atoms with E-state index in [0.717, 1.165) is 9.26 Å². The fourth-order valence-electron chi connectivity index (χ4n) is 2.99. The van der Waals surface area contributed by atoms with E-state index in [1.165, 1.54) is 11.8 Å². The molecule has 2 heterocycles. The number of amidine groups is 1. The van der Waals surface area contributed by atoms with Crippen molar-refractivity contribution in [1.82, 2.24) is 0 Å². The van der Waals surface area contributed by atoms with Crippen LogP contribution in [0.5, 0.6) is 0 Å². The van der Waals surface area contributed by atoms with E-state index < -0.39 is 9.84 Å². The zero-order chi connectivity index (χ0) is 17.5. The van der Waals surface area contributed by atoms with Crippen molar-refractivity contribution < 1.29 is 13.2 Å². The van der Waals surface area contributed by atoms with Gasteiger partial charge in [-0.2, -0.15) is 4.99 Å². The zero-order valence-electron chi connectivity index (χ0n) is 13.5. The summed E-state index contributed by atoms with van der Waals surface area (Å²) in [6.07, 6.45) is 0.401. The van der Waals surface area contributed by atoms with E-state index in [9.17, 15) is 13.2 Å². The molecule has 0 saturated carbocycles. The summed E-state index contributed by atoms with van der Waals surface area (Å²) < 4.78 is 25.1. The Morgan fingerprint density at radius 3 is 2.83 bits per heavy atom. The number of benzene rings is 1. The van der Waals surface area contributed by atoms with Gasteiger partial charge in [0.2, 0.25) is 5.91 Å². The Hall–Kier alpha value is -0.610. The Balaban J connectivity index is 1.97. The van der Waals surface area contributed by atoms with Crippen LogP contribution in [0.1, 0.15) is 20.3 Å². The maximum atomic E-state index is 12.2. The van der Waals surface area contributed by atoms with E-state index in [2.05, 4.69) is 27.6 Å². The number of hydrogen-bond donors (Lipinski definition) is 0. The van der Waals surface area contributed by atoms with Crippen molar-refractivity contribution in [3.63, 3.8) is 0 Å². The maximum absolute atomic E-state index is 12.2. The molecule has 0 N–H and O–H groups in total. The molecule has 24 heavy (non-hydrogen) atoms. The molecule has 1 aromatic carbocycles. The van der Waals surface area contributed by atoms with Crippen LogP contribution in [-0.4, -0.2) is 42.3 Å². The molecule has 2 aliphatic heterocycles. The number of carbonyl (C=O) groups excluding carboxylic acids is 1. The van der Waals surface area contributed by atoms with Crippen LogP contribution in [0.2, 0.25) is 0 Å². The topological polar surface area (TPSA) is 66.8 Å². The van der Waals surface area contributed by atoms with E-state index in [4.69, 9.17) is 0 Å². The summed E-state index contributed by atoms with van der Waals surface area (Å²) in [6, 6.07) is 7.71. The third kappa shape index (κ3) is 3.96. The average molecular weight is 478 g/mol. The number of nitrogens with zero attached hydrogens (tertiary/aromatic N) is 2. The number of hydrogen-bond acceptors (Lipinski definition) is 4. The van der Waals surface area contributed by atoms with Crippen molar-refractivity contribution in [2.24, 2.45) is 10.9 Å². The molecule has 2 aliphatic rings. The molecule has 0 unspecified atom stereocenters. The summed E-state index contributed by atoms with van der Waals surface area (Å²) in [7, 11) is -3.03. The molecule has 0 aliphatic carbocycles. The highest BCUT2D eigenvalue weighted by Crippen LogP contribution is 2.41. The predicted octanol–water partition coefficient (Wildman–Crippen LogP) is 2.94. The predicted molar refractivity (Wildman–Crippen MR) is 107 cm³/mol. The summed E-state index contributed by atoms with van der Waals surface area (Å²) in [5.41, 5.74) is 0.898. The van der Waals surface area contributed by atoms with Crippen LogP contribution in [0.4, 0.5) is 5.69 Å². The number of thioether (sulfide) groups is 1. The number of amides is 1. The lowest BCUT2D eigenvalue weighted by Gasteiger charge is -2.24. The largest absolute Gasteiger partial charge is 0.316 e. The van der Waals surface area contributed by atoms with E-state index in [-0.39, 0.29) is 34.6 Å². The lowest BCUT2D eigenvalue weighted by Crippen LogP contribution is -2.37. The summed E-state index contributed by atoms with van der Waals surface area (Å²) in [5, 5.41) is 0.575. The normalized spacial score (nSPS) is 27.0. The van der Waals surface area contributed by atoms with Gasteiger partial charge in [0.25, 0.3) is 0 Å². The average Bonchev–Trinajstić information content (AvgIpc) is 2.88. The van der Waals surface area contributed by atoms with Crippen LogP contribution in [0.3, 0.4) is 0 Å². The molecule has 0 aromatic heterocycles. The van der Waals surface area contributed by atoms with Crippen molar-refractivity contribution in [2.75, 3.05) is 16.4 Å². The number of aliphatic imine (C=N–C) groups is 1. The maximum Gasteiger partial charge on any atom is 0.248 e. The number of halogens is 1. The van der Waals surface area contributed by atoms with Gasteiger partial charge in [0.05, 0.1) is 17.5 Å². The highest BCUT2D eigenvalue weighted by molar-refractivity contribution is 14.1. The summed E-state index contributed by atoms with van der Waals surface area (Å²) >= 11 is 3.65. The Morgan fingerprint density at radius 2 is 2.17 bits per heavy atom. The SMILES string of the molecule is CC(C)CC(=O)N=C1S[C@@H]2CS(=O)(=O)C[C@H]2N1c1cccc(I)c1. The van der Waals surface area contributed by atoms with Gasteiger partial charge in [-0.1, -0.05) is 31.7 Å². The number of anilines is 1.